The number of aromatic carboxylic acids is 1. The molecule has 0 aliphatic heterocycles. The molecule has 114 valence electrons. The van der Waals surface area contributed by atoms with Gasteiger partial charge in [0.15, 0.2) is 5.82 Å². The van der Waals surface area contributed by atoms with E-state index in [1.165, 1.54) is 18.4 Å². The summed E-state index contributed by atoms with van der Waals surface area (Å²) < 4.78 is 0. The summed E-state index contributed by atoms with van der Waals surface area (Å²) in [5.74, 6) is -0.533. The Morgan fingerprint density at radius 1 is 1.33 bits per heavy atom. The summed E-state index contributed by atoms with van der Waals surface area (Å²) >= 11 is 0. The van der Waals surface area contributed by atoms with Gasteiger partial charge in [0.05, 0.1) is 5.69 Å². The van der Waals surface area contributed by atoms with Crippen molar-refractivity contribution < 1.29 is 9.90 Å². The Morgan fingerprint density at radius 3 is 2.71 bits per heavy atom. The average molecular weight is 289 g/mol. The van der Waals surface area contributed by atoms with Gasteiger partial charge in [0, 0.05) is 6.54 Å². The largest absolute Gasteiger partial charge is 0.478 e. The second kappa shape index (κ2) is 7.20. The van der Waals surface area contributed by atoms with Gasteiger partial charge in [0.2, 0.25) is 0 Å². The molecule has 1 aliphatic rings. The number of anilines is 1. The molecule has 0 fully saturated rings. The van der Waals surface area contributed by atoms with Crippen LogP contribution < -0.4 is 5.32 Å². The fourth-order valence-electron chi connectivity index (χ4n) is 2.83. The van der Waals surface area contributed by atoms with Crippen molar-refractivity contribution in [3.05, 3.63) is 28.5 Å². The summed E-state index contributed by atoms with van der Waals surface area (Å²) in [6.45, 7) is 4.62. The molecule has 0 unspecified atom stereocenters. The summed E-state index contributed by atoms with van der Waals surface area (Å²) in [5.41, 5.74) is 3.31. The van der Waals surface area contributed by atoms with Crippen LogP contribution >= 0.6 is 0 Å². The number of nitrogens with zero attached hydrogens (tertiary/aromatic N) is 2. The van der Waals surface area contributed by atoms with Gasteiger partial charge in [0.1, 0.15) is 5.56 Å². The van der Waals surface area contributed by atoms with E-state index in [-0.39, 0.29) is 5.56 Å². The van der Waals surface area contributed by atoms with Crippen molar-refractivity contribution in [2.75, 3.05) is 11.9 Å². The molecule has 5 nitrogen and oxygen atoms in total. The minimum absolute atomic E-state index is 0.282. The first-order valence-corrected chi connectivity index (χ1v) is 7.70. The standard InChI is InChI=1S/C16H23N3O2/c1-3-12-13(4-2)18-19-15(14(12)16(20)21)17-10-9-11-7-5-6-8-11/h7H,3-6,8-10H2,1-2H3,(H,17,19)(H,20,21). The molecular weight excluding hydrogens is 266 g/mol. The Hall–Kier alpha value is -1.91. The zero-order chi connectivity index (χ0) is 15.2. The first kappa shape index (κ1) is 15.5. The highest BCUT2D eigenvalue weighted by Gasteiger charge is 2.20. The predicted octanol–water partition coefficient (Wildman–Crippen LogP) is 3.21. The highest BCUT2D eigenvalue weighted by atomic mass is 16.4. The predicted molar refractivity (Wildman–Crippen MR) is 82.8 cm³/mol. The third-order valence-electron chi connectivity index (χ3n) is 3.93. The number of allylic oxidation sites excluding steroid dienone is 1. The molecule has 0 spiro atoms. The van der Waals surface area contributed by atoms with Crippen LogP contribution in [-0.4, -0.2) is 27.8 Å². The van der Waals surface area contributed by atoms with Crippen molar-refractivity contribution in [3.8, 4) is 0 Å². The number of nitrogens with one attached hydrogen (secondary N) is 1. The molecule has 0 atom stereocenters. The van der Waals surface area contributed by atoms with Crippen LogP contribution in [-0.2, 0) is 12.8 Å². The van der Waals surface area contributed by atoms with E-state index in [0.717, 1.165) is 24.1 Å². The van der Waals surface area contributed by atoms with Crippen LogP contribution in [0.25, 0.3) is 0 Å². The second-order valence-electron chi connectivity index (χ2n) is 5.29. The topological polar surface area (TPSA) is 75.1 Å². The minimum atomic E-state index is -0.931. The van der Waals surface area contributed by atoms with Gasteiger partial charge in [-0.1, -0.05) is 25.5 Å². The Balaban J connectivity index is 2.15. The summed E-state index contributed by atoms with van der Waals surface area (Å²) in [4.78, 5) is 11.6. The number of hydrogen-bond donors (Lipinski definition) is 2. The van der Waals surface area contributed by atoms with Crippen LogP contribution in [0, 0.1) is 0 Å². The number of carboxylic acid groups (broad SMARTS) is 1. The SMILES string of the molecule is CCc1nnc(NCCC2=CCCC2)c(C(=O)O)c1CC. The van der Waals surface area contributed by atoms with E-state index in [1.807, 2.05) is 13.8 Å². The van der Waals surface area contributed by atoms with Crippen molar-refractivity contribution in [1.29, 1.82) is 0 Å². The summed E-state index contributed by atoms with van der Waals surface area (Å²) in [7, 11) is 0. The lowest BCUT2D eigenvalue weighted by Crippen LogP contribution is -2.16. The van der Waals surface area contributed by atoms with E-state index in [1.54, 1.807) is 0 Å². The highest BCUT2D eigenvalue weighted by Crippen LogP contribution is 2.23. The van der Waals surface area contributed by atoms with Gasteiger partial charge in [-0.3, -0.25) is 0 Å². The van der Waals surface area contributed by atoms with E-state index in [9.17, 15) is 9.90 Å². The first-order valence-electron chi connectivity index (χ1n) is 7.70. The third-order valence-corrected chi connectivity index (χ3v) is 3.93. The molecule has 5 heteroatoms. The van der Waals surface area contributed by atoms with Crippen LogP contribution in [0.3, 0.4) is 0 Å². The zero-order valence-electron chi connectivity index (χ0n) is 12.8. The molecule has 0 amide bonds. The van der Waals surface area contributed by atoms with E-state index < -0.39 is 5.97 Å². The lowest BCUT2D eigenvalue weighted by atomic mass is 10.0. The molecule has 1 aliphatic carbocycles. The number of hydrogen-bond acceptors (Lipinski definition) is 4. The molecule has 0 bridgehead atoms. The molecule has 0 radical (unpaired) electrons. The molecule has 0 aromatic carbocycles. The van der Waals surface area contributed by atoms with Gasteiger partial charge >= 0.3 is 5.97 Å². The summed E-state index contributed by atoms with van der Waals surface area (Å²) in [5, 5.41) is 20.9. The molecule has 1 aromatic heterocycles. The quantitative estimate of drug-likeness (QED) is 0.754. The molecule has 0 saturated carbocycles. The smallest absolute Gasteiger partial charge is 0.339 e. The maximum atomic E-state index is 11.6. The van der Waals surface area contributed by atoms with Crippen LogP contribution in [0.1, 0.15) is 61.1 Å². The van der Waals surface area contributed by atoms with Gasteiger partial charge in [0.25, 0.3) is 0 Å². The van der Waals surface area contributed by atoms with Crippen molar-refractivity contribution in [2.45, 2.75) is 52.4 Å². The fraction of sp³-hybridized carbons (Fsp3) is 0.562. The monoisotopic (exact) mass is 289 g/mol. The Labute approximate surface area is 125 Å². The van der Waals surface area contributed by atoms with Gasteiger partial charge in [-0.15, -0.1) is 5.10 Å². The number of aromatic nitrogens is 2. The van der Waals surface area contributed by atoms with Crippen molar-refractivity contribution in [1.82, 2.24) is 10.2 Å². The van der Waals surface area contributed by atoms with Gasteiger partial charge in [-0.2, -0.15) is 5.10 Å². The van der Waals surface area contributed by atoms with Crippen molar-refractivity contribution in [3.63, 3.8) is 0 Å². The Bertz CT molecular complexity index is 553. The molecule has 2 rings (SSSR count). The minimum Gasteiger partial charge on any atom is -0.478 e. The van der Waals surface area contributed by atoms with Crippen LogP contribution in [0.5, 0.6) is 0 Å². The molecule has 1 aromatic rings. The number of carbonyl (C=O) groups is 1. The molecule has 1 heterocycles. The van der Waals surface area contributed by atoms with Gasteiger partial charge < -0.3 is 10.4 Å². The Kier molecular flexibility index (Phi) is 5.31. The lowest BCUT2D eigenvalue weighted by molar-refractivity contribution is 0.0696. The van der Waals surface area contributed by atoms with E-state index >= 15 is 0 Å². The molecule has 2 N–H and O–H groups in total. The van der Waals surface area contributed by atoms with Gasteiger partial charge in [-0.25, -0.2) is 4.79 Å². The highest BCUT2D eigenvalue weighted by molar-refractivity contribution is 5.95. The number of carboxylic acids is 1. The van der Waals surface area contributed by atoms with E-state index in [0.29, 0.717) is 25.2 Å². The molecular formula is C16H23N3O2. The molecule has 21 heavy (non-hydrogen) atoms. The summed E-state index contributed by atoms with van der Waals surface area (Å²) in [6, 6.07) is 0. The fourth-order valence-corrected chi connectivity index (χ4v) is 2.83. The lowest BCUT2D eigenvalue weighted by Gasteiger charge is -2.13. The van der Waals surface area contributed by atoms with E-state index in [2.05, 4.69) is 21.6 Å². The average Bonchev–Trinajstić information content (AvgIpc) is 2.99. The number of aryl methyl sites for hydroxylation is 1. The van der Waals surface area contributed by atoms with Gasteiger partial charge in [-0.05, 0) is 44.1 Å². The number of rotatable bonds is 7. The van der Waals surface area contributed by atoms with Crippen molar-refractivity contribution in [2.24, 2.45) is 0 Å². The van der Waals surface area contributed by atoms with Crippen molar-refractivity contribution >= 4 is 11.8 Å². The maximum Gasteiger partial charge on any atom is 0.339 e. The maximum absolute atomic E-state index is 11.6. The summed E-state index contributed by atoms with van der Waals surface area (Å²) in [6.07, 6.45) is 8.14. The molecule has 0 saturated heterocycles. The Morgan fingerprint density at radius 2 is 2.14 bits per heavy atom. The van der Waals surface area contributed by atoms with Crippen LogP contribution in [0.15, 0.2) is 11.6 Å². The van der Waals surface area contributed by atoms with Crippen LogP contribution in [0.4, 0.5) is 5.82 Å². The first-order chi connectivity index (χ1) is 10.2. The second-order valence-corrected chi connectivity index (χ2v) is 5.29. The third kappa shape index (κ3) is 3.60. The van der Waals surface area contributed by atoms with Crippen LogP contribution in [0.2, 0.25) is 0 Å². The zero-order valence-corrected chi connectivity index (χ0v) is 12.8. The normalized spacial score (nSPS) is 14.1. The van der Waals surface area contributed by atoms with E-state index in [4.69, 9.17) is 0 Å².